The van der Waals surface area contributed by atoms with Gasteiger partial charge >= 0.3 is 0 Å². The Bertz CT molecular complexity index is 639. The largest absolute Gasteiger partial charge is 0.396 e. The standard InChI is InChI=1S/C12H15N3O2S2/c1-7(6-19(2)17)15-12(16)11-9(13)10-8(18-11)4-3-5-14-10/h3-5,7H,6,13H2,1-2H3,(H,15,16). The number of hydrogen-bond donors (Lipinski definition) is 2. The predicted molar refractivity (Wildman–Crippen MR) is 79.9 cm³/mol. The fraction of sp³-hybridized carbons (Fsp3) is 0.333. The van der Waals surface area contributed by atoms with Crippen molar-refractivity contribution in [1.82, 2.24) is 10.3 Å². The molecule has 2 aromatic rings. The second kappa shape index (κ2) is 5.66. The molecule has 5 nitrogen and oxygen atoms in total. The number of nitrogens with two attached hydrogens (primary N) is 1. The van der Waals surface area contributed by atoms with Gasteiger partial charge in [0.2, 0.25) is 0 Å². The van der Waals surface area contributed by atoms with E-state index in [4.69, 9.17) is 5.73 Å². The molecule has 2 atom stereocenters. The fourth-order valence-corrected chi connectivity index (χ4v) is 3.57. The van der Waals surface area contributed by atoms with Crippen LogP contribution in [0.3, 0.4) is 0 Å². The van der Waals surface area contributed by atoms with Gasteiger partial charge in [0.15, 0.2) is 0 Å². The van der Waals surface area contributed by atoms with Crippen LogP contribution < -0.4 is 11.1 Å². The van der Waals surface area contributed by atoms with Crippen molar-refractivity contribution < 1.29 is 9.00 Å². The topological polar surface area (TPSA) is 85.1 Å². The van der Waals surface area contributed by atoms with Gasteiger partial charge in [-0.05, 0) is 19.1 Å². The SMILES string of the molecule is CC(CS(C)=O)NC(=O)c1sc2cccnc2c1N. The van der Waals surface area contributed by atoms with Crippen LogP contribution in [0.2, 0.25) is 0 Å². The van der Waals surface area contributed by atoms with Gasteiger partial charge in [0.05, 0.1) is 10.4 Å². The number of hydrogen-bond acceptors (Lipinski definition) is 5. The van der Waals surface area contributed by atoms with E-state index in [-0.39, 0.29) is 11.9 Å². The quantitative estimate of drug-likeness (QED) is 0.892. The molecule has 3 N–H and O–H groups in total. The number of thiophene rings is 1. The Balaban J connectivity index is 2.22. The second-order valence-electron chi connectivity index (χ2n) is 4.31. The highest BCUT2D eigenvalue weighted by Crippen LogP contribution is 2.31. The molecule has 102 valence electrons. The number of nitrogens with one attached hydrogen (secondary N) is 1. The third-order valence-electron chi connectivity index (χ3n) is 2.55. The van der Waals surface area contributed by atoms with Gasteiger partial charge in [0.25, 0.3) is 5.91 Å². The summed E-state index contributed by atoms with van der Waals surface area (Å²) in [5.74, 6) is 0.188. The summed E-state index contributed by atoms with van der Waals surface area (Å²) in [4.78, 5) is 16.7. The lowest BCUT2D eigenvalue weighted by Crippen LogP contribution is -2.36. The van der Waals surface area contributed by atoms with Crippen LogP contribution in [0.25, 0.3) is 10.2 Å². The Morgan fingerprint density at radius 2 is 2.37 bits per heavy atom. The summed E-state index contributed by atoms with van der Waals surface area (Å²) >= 11 is 1.32. The number of fused-ring (bicyclic) bond motifs is 1. The van der Waals surface area contributed by atoms with Crippen LogP contribution in [0.5, 0.6) is 0 Å². The van der Waals surface area contributed by atoms with Crippen molar-refractivity contribution in [3.8, 4) is 0 Å². The van der Waals surface area contributed by atoms with E-state index in [9.17, 15) is 9.00 Å². The lowest BCUT2D eigenvalue weighted by atomic mass is 10.3. The Labute approximate surface area is 117 Å². The molecule has 0 spiro atoms. The molecule has 2 aromatic heterocycles. The first-order valence-electron chi connectivity index (χ1n) is 5.73. The number of amides is 1. The van der Waals surface area contributed by atoms with Gasteiger partial charge < -0.3 is 11.1 Å². The van der Waals surface area contributed by atoms with Crippen molar-refractivity contribution >= 4 is 43.9 Å². The maximum absolute atomic E-state index is 12.1. The molecule has 7 heteroatoms. The van der Waals surface area contributed by atoms with Crippen molar-refractivity contribution in [3.63, 3.8) is 0 Å². The molecule has 0 fully saturated rings. The Hall–Kier alpha value is -1.47. The molecule has 2 rings (SSSR count). The second-order valence-corrected chi connectivity index (χ2v) is 6.84. The molecule has 0 saturated carbocycles. The van der Waals surface area contributed by atoms with E-state index in [0.717, 1.165) is 4.70 Å². The molecular weight excluding hydrogens is 282 g/mol. The molecule has 0 aromatic carbocycles. The van der Waals surface area contributed by atoms with Gasteiger partial charge in [0, 0.05) is 35.0 Å². The van der Waals surface area contributed by atoms with Crippen molar-refractivity contribution in [2.45, 2.75) is 13.0 Å². The highest BCUT2D eigenvalue weighted by atomic mass is 32.2. The number of aromatic nitrogens is 1. The zero-order valence-corrected chi connectivity index (χ0v) is 12.3. The van der Waals surface area contributed by atoms with Crippen molar-refractivity contribution in [1.29, 1.82) is 0 Å². The van der Waals surface area contributed by atoms with Crippen molar-refractivity contribution in [2.24, 2.45) is 0 Å². The molecular formula is C12H15N3O2S2. The summed E-state index contributed by atoms with van der Waals surface area (Å²) in [6.07, 6.45) is 3.26. The summed E-state index contributed by atoms with van der Waals surface area (Å²) in [6.45, 7) is 1.82. The number of nitrogens with zero attached hydrogens (tertiary/aromatic N) is 1. The van der Waals surface area contributed by atoms with E-state index in [2.05, 4.69) is 10.3 Å². The van der Waals surface area contributed by atoms with Gasteiger partial charge in [-0.2, -0.15) is 0 Å². The Morgan fingerprint density at radius 1 is 1.63 bits per heavy atom. The molecule has 0 aliphatic rings. The Morgan fingerprint density at radius 3 is 3.00 bits per heavy atom. The molecule has 0 bridgehead atoms. The highest BCUT2D eigenvalue weighted by molar-refractivity contribution is 7.84. The summed E-state index contributed by atoms with van der Waals surface area (Å²) in [5, 5.41) is 2.80. The van der Waals surface area contributed by atoms with Crippen LogP contribution >= 0.6 is 11.3 Å². The fourth-order valence-electron chi connectivity index (χ4n) is 1.80. The number of pyridine rings is 1. The summed E-state index contributed by atoms with van der Waals surface area (Å²) < 4.78 is 12.0. The van der Waals surface area contributed by atoms with Gasteiger partial charge in [-0.3, -0.25) is 14.0 Å². The normalized spacial score (nSPS) is 14.2. The molecule has 0 aliphatic heterocycles. The minimum absolute atomic E-state index is 0.157. The van der Waals surface area contributed by atoms with Gasteiger partial charge in [0.1, 0.15) is 10.4 Å². The lowest BCUT2D eigenvalue weighted by molar-refractivity contribution is 0.0948. The van der Waals surface area contributed by atoms with Crippen LogP contribution in [0, 0.1) is 0 Å². The maximum atomic E-state index is 12.1. The van der Waals surface area contributed by atoms with Crippen LogP contribution in [0.1, 0.15) is 16.6 Å². The minimum Gasteiger partial charge on any atom is -0.396 e. The van der Waals surface area contributed by atoms with Crippen LogP contribution in [0.4, 0.5) is 5.69 Å². The van der Waals surface area contributed by atoms with E-state index < -0.39 is 10.8 Å². The first-order chi connectivity index (χ1) is 8.99. The monoisotopic (exact) mass is 297 g/mol. The maximum Gasteiger partial charge on any atom is 0.263 e. The van der Waals surface area contributed by atoms with Crippen LogP contribution in [-0.4, -0.2) is 33.2 Å². The third kappa shape index (κ3) is 3.10. The first kappa shape index (κ1) is 14.0. The van der Waals surface area contributed by atoms with Gasteiger partial charge in [-0.25, -0.2) is 0 Å². The Kier molecular flexibility index (Phi) is 4.16. The number of nitrogen functional groups attached to an aromatic ring is 1. The molecule has 0 radical (unpaired) electrons. The summed E-state index contributed by atoms with van der Waals surface area (Å²) in [7, 11) is -0.943. The van der Waals surface area contributed by atoms with Crippen LogP contribution in [-0.2, 0) is 10.8 Å². The molecule has 0 saturated heterocycles. The smallest absolute Gasteiger partial charge is 0.263 e. The summed E-state index contributed by atoms with van der Waals surface area (Å²) in [6, 6.07) is 3.53. The van der Waals surface area contributed by atoms with E-state index in [1.165, 1.54) is 11.3 Å². The van der Waals surface area contributed by atoms with E-state index in [1.54, 1.807) is 12.5 Å². The average Bonchev–Trinajstić information content (AvgIpc) is 2.66. The molecule has 1 amide bonds. The first-order valence-corrected chi connectivity index (χ1v) is 8.27. The zero-order chi connectivity index (χ0) is 14.0. The molecule has 2 unspecified atom stereocenters. The van der Waals surface area contributed by atoms with Gasteiger partial charge in [-0.1, -0.05) is 0 Å². The van der Waals surface area contributed by atoms with Crippen LogP contribution in [0.15, 0.2) is 18.3 Å². The third-order valence-corrected chi connectivity index (χ3v) is 4.68. The predicted octanol–water partition coefficient (Wildman–Crippen LogP) is 1.38. The molecule has 19 heavy (non-hydrogen) atoms. The number of carbonyl (C=O) groups excluding carboxylic acids is 1. The number of rotatable bonds is 4. The average molecular weight is 297 g/mol. The number of carbonyl (C=O) groups is 1. The van der Waals surface area contributed by atoms with Gasteiger partial charge in [-0.15, -0.1) is 11.3 Å². The molecule has 2 heterocycles. The lowest BCUT2D eigenvalue weighted by Gasteiger charge is -2.11. The molecule has 0 aliphatic carbocycles. The van der Waals surface area contributed by atoms with Crippen molar-refractivity contribution in [3.05, 3.63) is 23.2 Å². The van der Waals surface area contributed by atoms with E-state index in [0.29, 0.717) is 21.8 Å². The summed E-state index contributed by atoms with van der Waals surface area (Å²) in [5.41, 5.74) is 7.01. The highest BCUT2D eigenvalue weighted by Gasteiger charge is 2.18. The van der Waals surface area contributed by atoms with E-state index in [1.807, 2.05) is 19.1 Å². The zero-order valence-electron chi connectivity index (χ0n) is 10.7. The van der Waals surface area contributed by atoms with Crippen molar-refractivity contribution in [2.75, 3.05) is 17.7 Å². The number of anilines is 1. The van der Waals surface area contributed by atoms with E-state index >= 15 is 0 Å². The minimum atomic E-state index is -0.943.